The van der Waals surface area contributed by atoms with E-state index < -0.39 is 0 Å². The van der Waals surface area contributed by atoms with Gasteiger partial charge in [0.1, 0.15) is 0 Å². The van der Waals surface area contributed by atoms with E-state index in [1.54, 1.807) is 0 Å². The van der Waals surface area contributed by atoms with Gasteiger partial charge in [-0.2, -0.15) is 0 Å². The number of nitrogens with zero attached hydrogens (tertiary/aromatic N) is 1. The van der Waals surface area contributed by atoms with Crippen LogP contribution in [0, 0.1) is 12.8 Å². The van der Waals surface area contributed by atoms with E-state index in [0.717, 1.165) is 24.8 Å². The second kappa shape index (κ2) is 6.86. The lowest BCUT2D eigenvalue weighted by atomic mass is 9.69. The zero-order valence-corrected chi connectivity index (χ0v) is 14.7. The first-order valence-electron chi connectivity index (χ1n) is 7.27. The Kier molecular flexibility index (Phi) is 5.96. The topological polar surface area (TPSA) is 20.3 Å². The summed E-state index contributed by atoms with van der Waals surface area (Å²) < 4.78 is 0. The molecule has 0 heterocycles. The van der Waals surface area contributed by atoms with Gasteiger partial charge in [0, 0.05) is 5.56 Å². The zero-order chi connectivity index (χ0) is 14.0. The Morgan fingerprint density at radius 3 is 2.30 bits per heavy atom. The maximum Gasteiger partial charge on any atom is 0.183 e. The molecule has 0 radical (unpaired) electrons. The SMILES string of the molecule is Br.Cc1ccc(C(=O)C2(N(C)C)CCCCC2C)cc1. The molecule has 0 aromatic heterocycles. The smallest absolute Gasteiger partial charge is 0.183 e. The number of carbonyl (C=O) groups excluding carboxylic acids is 1. The standard InChI is InChI=1S/C17H25NO.BrH/c1-13-8-10-15(11-9-13)16(19)17(18(3)4)12-6-5-7-14(17)2;/h8-11,14H,5-7,12H2,1-4H3;1H. The molecular weight excluding hydrogens is 314 g/mol. The number of hydrogen-bond acceptors (Lipinski definition) is 2. The van der Waals surface area contributed by atoms with Crippen LogP contribution < -0.4 is 0 Å². The molecule has 0 N–H and O–H groups in total. The molecule has 0 bridgehead atoms. The first-order valence-corrected chi connectivity index (χ1v) is 7.27. The quantitative estimate of drug-likeness (QED) is 0.766. The summed E-state index contributed by atoms with van der Waals surface area (Å²) in [7, 11) is 4.10. The lowest BCUT2D eigenvalue weighted by molar-refractivity contribution is 0.0355. The molecule has 1 aliphatic carbocycles. The van der Waals surface area contributed by atoms with Gasteiger partial charge in [-0.15, -0.1) is 17.0 Å². The highest BCUT2D eigenvalue weighted by Crippen LogP contribution is 2.39. The average Bonchev–Trinajstić information content (AvgIpc) is 2.39. The first-order chi connectivity index (χ1) is 8.98. The molecule has 1 fully saturated rings. The fourth-order valence-electron chi connectivity index (χ4n) is 3.49. The van der Waals surface area contributed by atoms with Gasteiger partial charge in [0.15, 0.2) is 5.78 Å². The largest absolute Gasteiger partial charge is 0.297 e. The van der Waals surface area contributed by atoms with Gasteiger partial charge in [-0.25, -0.2) is 0 Å². The third-order valence-electron chi connectivity index (χ3n) is 4.77. The molecule has 1 saturated carbocycles. The lowest BCUT2D eigenvalue weighted by Gasteiger charge is -2.46. The fraction of sp³-hybridized carbons (Fsp3) is 0.588. The van der Waals surface area contributed by atoms with Crippen LogP contribution in [-0.4, -0.2) is 30.3 Å². The summed E-state index contributed by atoms with van der Waals surface area (Å²) in [5.74, 6) is 0.717. The van der Waals surface area contributed by atoms with Crippen LogP contribution in [0.1, 0.15) is 48.5 Å². The van der Waals surface area contributed by atoms with Gasteiger partial charge in [-0.05, 0) is 39.8 Å². The second-order valence-corrected chi connectivity index (χ2v) is 6.16. The number of halogens is 1. The van der Waals surface area contributed by atoms with E-state index in [9.17, 15) is 4.79 Å². The Bertz CT molecular complexity index is 455. The molecule has 2 unspecified atom stereocenters. The molecule has 2 rings (SSSR count). The molecule has 0 saturated heterocycles. The van der Waals surface area contributed by atoms with Crippen molar-refractivity contribution in [2.75, 3.05) is 14.1 Å². The van der Waals surface area contributed by atoms with Crippen molar-refractivity contribution < 1.29 is 4.79 Å². The van der Waals surface area contributed by atoms with Crippen molar-refractivity contribution in [3.05, 3.63) is 35.4 Å². The summed E-state index contributed by atoms with van der Waals surface area (Å²) in [6.45, 7) is 4.28. The van der Waals surface area contributed by atoms with Crippen molar-refractivity contribution in [3.63, 3.8) is 0 Å². The van der Waals surface area contributed by atoms with Crippen molar-refractivity contribution in [1.82, 2.24) is 4.90 Å². The molecule has 20 heavy (non-hydrogen) atoms. The number of hydrogen-bond donors (Lipinski definition) is 0. The number of rotatable bonds is 3. The number of likely N-dealkylation sites (N-methyl/N-ethyl adjacent to an activating group) is 1. The minimum atomic E-state index is -0.312. The Labute approximate surface area is 133 Å². The molecular formula is C17H26BrNO. The summed E-state index contributed by atoms with van der Waals surface area (Å²) in [5.41, 5.74) is 1.74. The van der Waals surface area contributed by atoms with Gasteiger partial charge in [0.2, 0.25) is 0 Å². The van der Waals surface area contributed by atoms with E-state index in [0.29, 0.717) is 11.7 Å². The number of ketones is 1. The predicted octanol–water partition coefficient (Wildman–Crippen LogP) is 4.27. The number of carbonyl (C=O) groups is 1. The van der Waals surface area contributed by atoms with Gasteiger partial charge in [0.25, 0.3) is 0 Å². The second-order valence-electron chi connectivity index (χ2n) is 6.16. The molecule has 0 aliphatic heterocycles. The molecule has 2 nitrogen and oxygen atoms in total. The molecule has 1 aromatic carbocycles. The van der Waals surface area contributed by atoms with E-state index in [1.807, 2.05) is 38.4 Å². The van der Waals surface area contributed by atoms with Gasteiger partial charge >= 0.3 is 0 Å². The van der Waals surface area contributed by atoms with Crippen molar-refractivity contribution in [1.29, 1.82) is 0 Å². The van der Waals surface area contributed by atoms with Crippen LogP contribution in [0.3, 0.4) is 0 Å². The van der Waals surface area contributed by atoms with Gasteiger partial charge in [-0.3, -0.25) is 9.69 Å². The van der Waals surface area contributed by atoms with Crippen LogP contribution in [0.15, 0.2) is 24.3 Å². The summed E-state index contributed by atoms with van der Waals surface area (Å²) in [6.07, 6.45) is 4.53. The van der Waals surface area contributed by atoms with Gasteiger partial charge < -0.3 is 0 Å². The van der Waals surface area contributed by atoms with Crippen molar-refractivity contribution in [2.45, 2.75) is 45.1 Å². The number of aryl methyl sites for hydroxylation is 1. The van der Waals surface area contributed by atoms with E-state index in [4.69, 9.17) is 0 Å². The normalized spacial score (nSPS) is 26.1. The maximum atomic E-state index is 13.0. The number of Topliss-reactive ketones (excluding diaryl/α,β-unsaturated/α-hetero) is 1. The molecule has 2 atom stereocenters. The summed E-state index contributed by atoms with van der Waals surface area (Å²) in [5, 5.41) is 0. The summed E-state index contributed by atoms with van der Waals surface area (Å²) in [4.78, 5) is 15.2. The maximum absolute atomic E-state index is 13.0. The molecule has 112 valence electrons. The van der Waals surface area contributed by atoms with Crippen LogP contribution >= 0.6 is 17.0 Å². The van der Waals surface area contributed by atoms with Crippen molar-refractivity contribution in [3.8, 4) is 0 Å². The highest BCUT2D eigenvalue weighted by molar-refractivity contribution is 8.93. The van der Waals surface area contributed by atoms with E-state index in [2.05, 4.69) is 18.7 Å². The zero-order valence-electron chi connectivity index (χ0n) is 13.0. The van der Waals surface area contributed by atoms with E-state index >= 15 is 0 Å². The highest BCUT2D eigenvalue weighted by atomic mass is 79.9. The molecule has 0 spiro atoms. The molecule has 1 aliphatic rings. The lowest BCUT2D eigenvalue weighted by Crippen LogP contribution is -2.57. The van der Waals surface area contributed by atoms with E-state index in [-0.39, 0.29) is 22.5 Å². The van der Waals surface area contributed by atoms with Crippen LogP contribution in [0.5, 0.6) is 0 Å². The third kappa shape index (κ3) is 2.99. The van der Waals surface area contributed by atoms with Crippen LogP contribution in [0.25, 0.3) is 0 Å². The Balaban J connectivity index is 0.00000200. The summed E-state index contributed by atoms with van der Waals surface area (Å²) >= 11 is 0. The third-order valence-corrected chi connectivity index (χ3v) is 4.77. The van der Waals surface area contributed by atoms with Crippen LogP contribution in [0.2, 0.25) is 0 Å². The fourth-order valence-corrected chi connectivity index (χ4v) is 3.49. The molecule has 3 heteroatoms. The van der Waals surface area contributed by atoms with Crippen LogP contribution in [0.4, 0.5) is 0 Å². The van der Waals surface area contributed by atoms with Gasteiger partial charge in [-0.1, -0.05) is 49.6 Å². The predicted molar refractivity (Wildman–Crippen MR) is 89.9 cm³/mol. The summed E-state index contributed by atoms with van der Waals surface area (Å²) in [6, 6.07) is 8.02. The average molecular weight is 340 g/mol. The minimum Gasteiger partial charge on any atom is -0.297 e. The monoisotopic (exact) mass is 339 g/mol. The Morgan fingerprint density at radius 1 is 1.20 bits per heavy atom. The van der Waals surface area contributed by atoms with Crippen molar-refractivity contribution in [2.24, 2.45) is 5.92 Å². The Morgan fingerprint density at radius 2 is 1.80 bits per heavy atom. The number of benzene rings is 1. The van der Waals surface area contributed by atoms with Gasteiger partial charge in [0.05, 0.1) is 5.54 Å². The minimum absolute atomic E-state index is 0. The first kappa shape index (κ1) is 17.4. The highest BCUT2D eigenvalue weighted by Gasteiger charge is 2.46. The van der Waals surface area contributed by atoms with Crippen LogP contribution in [-0.2, 0) is 0 Å². The Hall–Kier alpha value is -0.670. The molecule has 1 aromatic rings. The van der Waals surface area contributed by atoms with Crippen molar-refractivity contribution >= 4 is 22.8 Å². The molecule has 0 amide bonds. The van der Waals surface area contributed by atoms with E-state index in [1.165, 1.54) is 12.0 Å².